The molecular formula is C10H11BrFNO2. The molecule has 0 bridgehead atoms. The number of halogens is 2. The van der Waals surface area contributed by atoms with Crippen LogP contribution in [-0.4, -0.2) is 17.5 Å². The van der Waals surface area contributed by atoms with E-state index in [-0.39, 0.29) is 11.7 Å². The SMILES string of the molecule is CC(C)Oc1cc(F)c(C=NO)cc1Br. The van der Waals surface area contributed by atoms with Crippen LogP contribution in [0.25, 0.3) is 0 Å². The van der Waals surface area contributed by atoms with Crippen LogP contribution < -0.4 is 4.74 Å². The Bertz CT molecular complexity index is 380. The standard InChI is InChI=1S/C10H11BrFNO2/c1-6(2)15-10-4-9(12)7(5-13-14)3-8(10)11/h3-6,14H,1-2H3. The summed E-state index contributed by atoms with van der Waals surface area (Å²) in [7, 11) is 0. The molecule has 1 aromatic carbocycles. The molecule has 5 heteroatoms. The van der Waals surface area contributed by atoms with Crippen LogP contribution in [-0.2, 0) is 0 Å². The molecule has 1 N–H and O–H groups in total. The third-order valence-corrected chi connectivity index (χ3v) is 2.23. The maximum absolute atomic E-state index is 13.4. The Morgan fingerprint density at radius 2 is 2.20 bits per heavy atom. The van der Waals surface area contributed by atoms with Crippen LogP contribution in [0.5, 0.6) is 5.75 Å². The highest BCUT2D eigenvalue weighted by atomic mass is 79.9. The summed E-state index contributed by atoms with van der Waals surface area (Å²) >= 11 is 3.24. The molecule has 0 saturated heterocycles. The highest BCUT2D eigenvalue weighted by Crippen LogP contribution is 2.28. The molecule has 0 unspecified atom stereocenters. The third-order valence-electron chi connectivity index (χ3n) is 1.61. The maximum atomic E-state index is 13.4. The molecule has 0 fully saturated rings. The predicted molar refractivity (Wildman–Crippen MR) is 59.2 cm³/mol. The van der Waals surface area contributed by atoms with Crippen LogP contribution in [0, 0.1) is 5.82 Å². The monoisotopic (exact) mass is 275 g/mol. The zero-order valence-corrected chi connectivity index (χ0v) is 9.95. The molecular weight excluding hydrogens is 265 g/mol. The van der Waals surface area contributed by atoms with E-state index in [2.05, 4.69) is 21.1 Å². The second-order valence-corrected chi connectivity index (χ2v) is 4.07. The first-order chi connectivity index (χ1) is 7.04. The van der Waals surface area contributed by atoms with E-state index < -0.39 is 5.82 Å². The number of rotatable bonds is 3. The molecule has 0 atom stereocenters. The summed E-state index contributed by atoms with van der Waals surface area (Å²) in [5.41, 5.74) is 0.195. The van der Waals surface area contributed by atoms with E-state index in [0.29, 0.717) is 10.2 Å². The lowest BCUT2D eigenvalue weighted by Gasteiger charge is -2.12. The lowest BCUT2D eigenvalue weighted by atomic mass is 10.2. The van der Waals surface area contributed by atoms with Gasteiger partial charge in [0.1, 0.15) is 11.6 Å². The zero-order valence-electron chi connectivity index (χ0n) is 8.37. The van der Waals surface area contributed by atoms with Gasteiger partial charge < -0.3 is 9.94 Å². The first kappa shape index (κ1) is 12.0. The summed E-state index contributed by atoms with van der Waals surface area (Å²) in [5, 5.41) is 11.1. The Morgan fingerprint density at radius 1 is 1.53 bits per heavy atom. The minimum absolute atomic E-state index is 0.0296. The Kier molecular flexibility index (Phi) is 4.08. The van der Waals surface area contributed by atoms with Gasteiger partial charge in [0, 0.05) is 11.6 Å². The van der Waals surface area contributed by atoms with Crippen molar-refractivity contribution < 1.29 is 14.3 Å². The maximum Gasteiger partial charge on any atom is 0.136 e. The van der Waals surface area contributed by atoms with Gasteiger partial charge in [-0.1, -0.05) is 5.16 Å². The summed E-state index contributed by atoms with van der Waals surface area (Å²) in [4.78, 5) is 0. The van der Waals surface area contributed by atoms with Gasteiger partial charge in [0.05, 0.1) is 16.8 Å². The highest BCUT2D eigenvalue weighted by molar-refractivity contribution is 9.10. The van der Waals surface area contributed by atoms with Crippen molar-refractivity contribution in [3.8, 4) is 5.75 Å². The van der Waals surface area contributed by atoms with Crippen LogP contribution in [0.2, 0.25) is 0 Å². The van der Waals surface area contributed by atoms with Gasteiger partial charge in [-0.15, -0.1) is 0 Å². The summed E-state index contributed by atoms with van der Waals surface area (Å²) < 4.78 is 19.3. The lowest BCUT2D eigenvalue weighted by Crippen LogP contribution is -2.06. The molecule has 0 aliphatic carbocycles. The molecule has 0 saturated carbocycles. The van der Waals surface area contributed by atoms with Gasteiger partial charge in [0.2, 0.25) is 0 Å². The fourth-order valence-electron chi connectivity index (χ4n) is 1.05. The first-order valence-electron chi connectivity index (χ1n) is 4.37. The summed E-state index contributed by atoms with van der Waals surface area (Å²) in [6, 6.07) is 2.74. The van der Waals surface area contributed by atoms with Gasteiger partial charge in [-0.3, -0.25) is 0 Å². The van der Waals surface area contributed by atoms with E-state index in [1.165, 1.54) is 12.1 Å². The number of ether oxygens (including phenoxy) is 1. The van der Waals surface area contributed by atoms with Crippen LogP contribution in [0.3, 0.4) is 0 Å². The molecule has 0 amide bonds. The fourth-order valence-corrected chi connectivity index (χ4v) is 1.50. The molecule has 82 valence electrons. The molecule has 0 radical (unpaired) electrons. The molecule has 15 heavy (non-hydrogen) atoms. The Morgan fingerprint density at radius 3 is 2.73 bits per heavy atom. The molecule has 1 rings (SSSR count). The normalized spacial score (nSPS) is 11.3. The van der Waals surface area contributed by atoms with Gasteiger partial charge in [0.15, 0.2) is 0 Å². The van der Waals surface area contributed by atoms with Crippen molar-refractivity contribution >= 4 is 22.1 Å². The fraction of sp³-hybridized carbons (Fsp3) is 0.300. The molecule has 0 spiro atoms. The van der Waals surface area contributed by atoms with Crippen LogP contribution in [0.4, 0.5) is 4.39 Å². The lowest BCUT2D eigenvalue weighted by molar-refractivity contribution is 0.240. The van der Waals surface area contributed by atoms with Crippen molar-refractivity contribution in [2.75, 3.05) is 0 Å². The van der Waals surface area contributed by atoms with Crippen molar-refractivity contribution in [1.29, 1.82) is 0 Å². The summed E-state index contributed by atoms with van der Waals surface area (Å²) in [6.45, 7) is 3.71. The number of benzene rings is 1. The topological polar surface area (TPSA) is 41.8 Å². The largest absolute Gasteiger partial charge is 0.490 e. The van der Waals surface area contributed by atoms with E-state index in [9.17, 15) is 4.39 Å². The highest BCUT2D eigenvalue weighted by Gasteiger charge is 2.09. The molecule has 3 nitrogen and oxygen atoms in total. The van der Waals surface area contributed by atoms with E-state index in [1.807, 2.05) is 13.8 Å². The first-order valence-corrected chi connectivity index (χ1v) is 5.17. The smallest absolute Gasteiger partial charge is 0.136 e. The molecule has 1 aromatic rings. The zero-order chi connectivity index (χ0) is 11.4. The third kappa shape index (κ3) is 3.20. The van der Waals surface area contributed by atoms with Crippen molar-refractivity contribution in [3.63, 3.8) is 0 Å². The van der Waals surface area contributed by atoms with E-state index >= 15 is 0 Å². The van der Waals surface area contributed by atoms with Gasteiger partial charge in [-0.05, 0) is 35.8 Å². The Hall–Kier alpha value is -1.10. The van der Waals surface area contributed by atoms with Gasteiger partial charge in [0.25, 0.3) is 0 Å². The number of hydrogen-bond acceptors (Lipinski definition) is 3. The number of oxime groups is 1. The van der Waals surface area contributed by atoms with Crippen molar-refractivity contribution in [2.45, 2.75) is 20.0 Å². The average molecular weight is 276 g/mol. The number of hydrogen-bond donors (Lipinski definition) is 1. The summed E-state index contributed by atoms with van der Waals surface area (Å²) in [5.74, 6) is -0.0655. The van der Waals surface area contributed by atoms with Crippen LogP contribution in [0.15, 0.2) is 21.8 Å². The second-order valence-electron chi connectivity index (χ2n) is 3.22. The van der Waals surface area contributed by atoms with Crippen LogP contribution >= 0.6 is 15.9 Å². The molecule has 0 aliphatic rings. The minimum atomic E-state index is -0.494. The van der Waals surface area contributed by atoms with Gasteiger partial charge >= 0.3 is 0 Å². The minimum Gasteiger partial charge on any atom is -0.490 e. The second kappa shape index (κ2) is 5.11. The average Bonchev–Trinajstić information content (AvgIpc) is 2.13. The molecule has 0 aliphatic heterocycles. The molecule has 0 heterocycles. The van der Waals surface area contributed by atoms with E-state index in [4.69, 9.17) is 9.94 Å². The van der Waals surface area contributed by atoms with Crippen molar-refractivity contribution in [3.05, 3.63) is 28.0 Å². The molecule has 0 aromatic heterocycles. The van der Waals surface area contributed by atoms with Crippen LogP contribution in [0.1, 0.15) is 19.4 Å². The quantitative estimate of drug-likeness (QED) is 0.523. The van der Waals surface area contributed by atoms with Crippen molar-refractivity contribution in [1.82, 2.24) is 0 Å². The van der Waals surface area contributed by atoms with Gasteiger partial charge in [-0.25, -0.2) is 4.39 Å². The Labute approximate surface area is 95.7 Å². The summed E-state index contributed by atoms with van der Waals surface area (Å²) in [6.07, 6.45) is 0.997. The van der Waals surface area contributed by atoms with E-state index in [0.717, 1.165) is 6.21 Å². The van der Waals surface area contributed by atoms with Gasteiger partial charge in [-0.2, -0.15) is 0 Å². The Balaban J connectivity index is 3.07. The van der Waals surface area contributed by atoms with E-state index in [1.54, 1.807) is 0 Å². The predicted octanol–water partition coefficient (Wildman–Crippen LogP) is 3.18. The number of nitrogens with zero attached hydrogens (tertiary/aromatic N) is 1. The van der Waals surface area contributed by atoms with Crippen molar-refractivity contribution in [2.24, 2.45) is 5.16 Å².